The van der Waals surface area contributed by atoms with Crippen molar-refractivity contribution in [2.24, 2.45) is 7.05 Å². The van der Waals surface area contributed by atoms with E-state index in [-0.39, 0.29) is 0 Å². The molecule has 0 aliphatic carbocycles. The monoisotopic (exact) mass is 357 g/mol. The fourth-order valence-electron chi connectivity index (χ4n) is 3.60. The fraction of sp³-hybridized carbons (Fsp3) is 0.208. The Bertz CT molecular complexity index is 1090. The molecule has 3 aromatic carbocycles. The number of hydrogen-bond donors (Lipinski definition) is 0. The van der Waals surface area contributed by atoms with E-state index in [1.54, 1.807) is 0 Å². The molecular weight excluding hydrogens is 332 g/mol. The second kappa shape index (κ2) is 7.37. The van der Waals surface area contributed by atoms with E-state index in [0.717, 1.165) is 12.3 Å². The van der Waals surface area contributed by atoms with Gasteiger partial charge in [-0.3, -0.25) is 0 Å². The van der Waals surface area contributed by atoms with Crippen LogP contribution >= 0.6 is 0 Å². The Morgan fingerprint density at radius 3 is 2.30 bits per heavy atom. The molecule has 0 saturated heterocycles. The number of aryl methyl sites for hydroxylation is 1. The standard InChI is InChI=1S/C24H25N2O/c1-25(2)15-16-27-19-13-14-21-23(17-19)26(3)22-12-8-7-11-20(22)24(21)18-9-5-4-6-10-18/h4-14,17H,15-16H2,1-3H3/q+1. The SMILES string of the molecule is CN(C)CCOc1ccc2c(-c3ccccc3)c3ccccc3[n+](C)c2c1. The summed E-state index contributed by atoms with van der Waals surface area (Å²) in [4.78, 5) is 2.13. The van der Waals surface area contributed by atoms with Crippen molar-refractivity contribution in [3.63, 3.8) is 0 Å². The second-order valence-corrected chi connectivity index (χ2v) is 7.15. The lowest BCUT2D eigenvalue weighted by Gasteiger charge is -2.13. The summed E-state index contributed by atoms with van der Waals surface area (Å²) in [5.74, 6) is 0.911. The van der Waals surface area contributed by atoms with E-state index in [0.29, 0.717) is 6.61 Å². The lowest BCUT2D eigenvalue weighted by molar-refractivity contribution is -0.617. The highest BCUT2D eigenvalue weighted by molar-refractivity contribution is 6.07. The van der Waals surface area contributed by atoms with Crippen molar-refractivity contribution in [3.8, 4) is 16.9 Å². The summed E-state index contributed by atoms with van der Waals surface area (Å²) in [7, 11) is 6.24. The molecule has 0 radical (unpaired) electrons. The zero-order chi connectivity index (χ0) is 18.8. The number of benzene rings is 3. The first-order valence-corrected chi connectivity index (χ1v) is 9.32. The summed E-state index contributed by atoms with van der Waals surface area (Å²) >= 11 is 0. The van der Waals surface area contributed by atoms with Gasteiger partial charge in [-0.05, 0) is 37.9 Å². The van der Waals surface area contributed by atoms with E-state index in [1.807, 2.05) is 0 Å². The average molecular weight is 357 g/mol. The molecule has 136 valence electrons. The fourth-order valence-corrected chi connectivity index (χ4v) is 3.60. The molecule has 3 heteroatoms. The van der Waals surface area contributed by atoms with Crippen LogP contribution in [0.1, 0.15) is 0 Å². The molecule has 27 heavy (non-hydrogen) atoms. The maximum atomic E-state index is 5.98. The Hall–Kier alpha value is -2.91. The first kappa shape index (κ1) is 17.5. The Morgan fingerprint density at radius 2 is 1.52 bits per heavy atom. The van der Waals surface area contributed by atoms with Crippen LogP contribution in [0.2, 0.25) is 0 Å². The molecule has 0 aliphatic heterocycles. The molecule has 4 aromatic rings. The minimum Gasteiger partial charge on any atom is -0.492 e. The minimum absolute atomic E-state index is 0.682. The van der Waals surface area contributed by atoms with Gasteiger partial charge in [0.05, 0.1) is 16.8 Å². The quantitative estimate of drug-likeness (QED) is 0.388. The predicted molar refractivity (Wildman–Crippen MR) is 112 cm³/mol. The molecule has 0 unspecified atom stereocenters. The van der Waals surface area contributed by atoms with Crippen molar-refractivity contribution in [1.29, 1.82) is 0 Å². The summed E-state index contributed by atoms with van der Waals surface area (Å²) in [6, 6.07) is 25.7. The summed E-state index contributed by atoms with van der Waals surface area (Å²) in [6.07, 6.45) is 0. The van der Waals surface area contributed by atoms with Gasteiger partial charge in [0.25, 0.3) is 0 Å². The van der Waals surface area contributed by atoms with Crippen molar-refractivity contribution in [1.82, 2.24) is 4.90 Å². The van der Waals surface area contributed by atoms with E-state index in [2.05, 4.69) is 103 Å². The Balaban J connectivity index is 1.93. The Morgan fingerprint density at radius 1 is 0.815 bits per heavy atom. The molecule has 0 amide bonds. The van der Waals surface area contributed by atoms with E-state index < -0.39 is 0 Å². The van der Waals surface area contributed by atoms with E-state index >= 15 is 0 Å². The third-order valence-electron chi connectivity index (χ3n) is 5.00. The van der Waals surface area contributed by atoms with E-state index in [4.69, 9.17) is 4.74 Å². The zero-order valence-electron chi connectivity index (χ0n) is 16.1. The first-order valence-electron chi connectivity index (χ1n) is 9.32. The lowest BCUT2D eigenvalue weighted by atomic mass is 9.96. The molecule has 0 spiro atoms. The first-order chi connectivity index (χ1) is 13.1. The molecule has 3 nitrogen and oxygen atoms in total. The molecule has 1 heterocycles. The highest BCUT2D eigenvalue weighted by atomic mass is 16.5. The van der Waals surface area contributed by atoms with Gasteiger partial charge in [-0.2, -0.15) is 4.57 Å². The normalized spacial score (nSPS) is 11.4. The summed E-state index contributed by atoms with van der Waals surface area (Å²) < 4.78 is 8.24. The molecule has 4 rings (SSSR count). The largest absolute Gasteiger partial charge is 0.492 e. The van der Waals surface area contributed by atoms with Crippen LogP contribution in [0, 0.1) is 0 Å². The van der Waals surface area contributed by atoms with Gasteiger partial charge < -0.3 is 9.64 Å². The van der Waals surface area contributed by atoms with Crippen molar-refractivity contribution < 1.29 is 9.30 Å². The van der Waals surface area contributed by atoms with Crippen LogP contribution in [-0.2, 0) is 7.05 Å². The molecule has 0 N–H and O–H groups in total. The summed E-state index contributed by atoms with van der Waals surface area (Å²) in [5, 5.41) is 2.50. The Kier molecular flexibility index (Phi) is 4.78. The van der Waals surface area contributed by atoms with Gasteiger partial charge in [-0.25, -0.2) is 0 Å². The summed E-state index contributed by atoms with van der Waals surface area (Å²) in [5.41, 5.74) is 4.91. The van der Waals surface area contributed by atoms with Gasteiger partial charge in [0.1, 0.15) is 19.4 Å². The third kappa shape index (κ3) is 3.38. The lowest BCUT2D eigenvalue weighted by Crippen LogP contribution is -2.30. The number of aromatic nitrogens is 1. The van der Waals surface area contributed by atoms with Gasteiger partial charge in [-0.15, -0.1) is 0 Å². The highest BCUT2D eigenvalue weighted by Gasteiger charge is 2.19. The summed E-state index contributed by atoms with van der Waals surface area (Å²) in [6.45, 7) is 1.58. The number of hydrogen-bond acceptors (Lipinski definition) is 2. The van der Waals surface area contributed by atoms with Crippen LogP contribution in [-0.4, -0.2) is 32.1 Å². The van der Waals surface area contributed by atoms with Crippen LogP contribution in [0.4, 0.5) is 0 Å². The van der Waals surface area contributed by atoms with Gasteiger partial charge >= 0.3 is 0 Å². The average Bonchev–Trinajstić information content (AvgIpc) is 2.69. The predicted octanol–water partition coefficient (Wildman–Crippen LogP) is 4.42. The molecular formula is C24H25N2O+. The number of ether oxygens (including phenoxy) is 1. The van der Waals surface area contributed by atoms with Gasteiger partial charge in [0, 0.05) is 18.2 Å². The number of rotatable bonds is 5. The topological polar surface area (TPSA) is 16.4 Å². The molecule has 0 aliphatic rings. The molecule has 0 atom stereocenters. The number of fused-ring (bicyclic) bond motifs is 2. The van der Waals surface area contributed by atoms with Crippen LogP contribution in [0.3, 0.4) is 0 Å². The van der Waals surface area contributed by atoms with Crippen molar-refractivity contribution in [2.45, 2.75) is 0 Å². The number of likely N-dealkylation sites (N-methyl/N-ethyl adjacent to an activating group) is 1. The van der Waals surface area contributed by atoms with Crippen molar-refractivity contribution in [2.75, 3.05) is 27.2 Å². The van der Waals surface area contributed by atoms with Crippen LogP contribution in [0.15, 0.2) is 72.8 Å². The van der Waals surface area contributed by atoms with Crippen LogP contribution < -0.4 is 9.30 Å². The molecule has 1 aromatic heterocycles. The minimum atomic E-state index is 0.682. The van der Waals surface area contributed by atoms with Gasteiger partial charge in [-0.1, -0.05) is 42.5 Å². The molecule has 0 fully saturated rings. The number of nitrogens with zero attached hydrogens (tertiary/aromatic N) is 2. The van der Waals surface area contributed by atoms with E-state index in [9.17, 15) is 0 Å². The van der Waals surface area contributed by atoms with Crippen LogP contribution in [0.5, 0.6) is 5.75 Å². The van der Waals surface area contributed by atoms with Crippen LogP contribution in [0.25, 0.3) is 32.9 Å². The highest BCUT2D eigenvalue weighted by Crippen LogP contribution is 2.34. The smallest absolute Gasteiger partial charge is 0.217 e. The maximum absolute atomic E-state index is 5.98. The second-order valence-electron chi connectivity index (χ2n) is 7.15. The number of para-hydroxylation sites is 1. The maximum Gasteiger partial charge on any atom is 0.217 e. The van der Waals surface area contributed by atoms with E-state index in [1.165, 1.54) is 32.9 Å². The zero-order valence-corrected chi connectivity index (χ0v) is 16.1. The van der Waals surface area contributed by atoms with Gasteiger partial charge in [0.2, 0.25) is 11.0 Å². The molecule has 0 bridgehead atoms. The molecule has 0 saturated carbocycles. The number of pyridine rings is 1. The van der Waals surface area contributed by atoms with Gasteiger partial charge in [0.15, 0.2) is 0 Å². The van der Waals surface area contributed by atoms with Crippen molar-refractivity contribution in [3.05, 3.63) is 72.8 Å². The third-order valence-corrected chi connectivity index (χ3v) is 5.00. The van der Waals surface area contributed by atoms with Crippen molar-refractivity contribution >= 4 is 21.8 Å². The Labute approximate surface area is 160 Å².